The van der Waals surface area contributed by atoms with E-state index in [2.05, 4.69) is 25.8 Å². The highest BCUT2D eigenvalue weighted by Crippen LogP contribution is 2.22. The summed E-state index contributed by atoms with van der Waals surface area (Å²) in [7, 11) is 0. The van der Waals surface area contributed by atoms with Crippen molar-refractivity contribution in [2.24, 2.45) is 0 Å². The van der Waals surface area contributed by atoms with Crippen molar-refractivity contribution in [1.82, 2.24) is 15.2 Å². The number of nitrogens with one attached hydrogen (secondary N) is 2. The molecule has 1 aromatic heterocycles. The zero-order chi connectivity index (χ0) is 16.9. The van der Waals surface area contributed by atoms with Crippen LogP contribution in [0.4, 0.5) is 21.8 Å². The summed E-state index contributed by atoms with van der Waals surface area (Å²) in [5, 5.41) is 14.2. The normalized spacial score (nSPS) is 11.8. The van der Waals surface area contributed by atoms with Crippen molar-refractivity contribution in [1.29, 1.82) is 0 Å². The van der Waals surface area contributed by atoms with E-state index < -0.39 is 5.82 Å². The number of rotatable bonds is 5. The molecule has 0 saturated carbocycles. The molecule has 0 amide bonds. The minimum absolute atomic E-state index is 0.0310. The highest BCUT2D eigenvalue weighted by Gasteiger charge is 2.08. The van der Waals surface area contributed by atoms with Crippen LogP contribution in [0, 0.1) is 5.82 Å². The van der Waals surface area contributed by atoms with Gasteiger partial charge in [-0.05, 0) is 30.7 Å². The smallest absolute Gasteiger partial charge is 0.245 e. The van der Waals surface area contributed by atoms with Gasteiger partial charge in [0.1, 0.15) is 5.82 Å². The molecule has 0 spiro atoms. The minimum Gasteiger partial charge on any atom is -0.346 e. The molecule has 0 aliphatic heterocycles. The van der Waals surface area contributed by atoms with Crippen LogP contribution in [-0.2, 0) is 0 Å². The van der Waals surface area contributed by atoms with E-state index in [0.29, 0.717) is 17.5 Å². The Hall–Kier alpha value is -2.73. The summed E-state index contributed by atoms with van der Waals surface area (Å²) in [5.41, 5.74) is 1.73. The van der Waals surface area contributed by atoms with Gasteiger partial charge in [0.2, 0.25) is 5.95 Å². The number of aromatic nitrogens is 3. The van der Waals surface area contributed by atoms with Crippen molar-refractivity contribution in [3.8, 4) is 0 Å². The molecular formula is C17H15ClFN5. The fourth-order valence-electron chi connectivity index (χ4n) is 2.17. The fraction of sp³-hybridized carbons (Fsp3) is 0.118. The van der Waals surface area contributed by atoms with E-state index in [1.807, 2.05) is 37.3 Å². The summed E-state index contributed by atoms with van der Waals surface area (Å²) in [5.74, 6) is 0.405. The molecule has 2 aromatic carbocycles. The molecule has 3 aromatic rings. The average Bonchev–Trinajstić information content (AvgIpc) is 2.59. The zero-order valence-corrected chi connectivity index (χ0v) is 13.6. The van der Waals surface area contributed by atoms with Crippen molar-refractivity contribution < 1.29 is 4.39 Å². The Labute approximate surface area is 143 Å². The third-order valence-electron chi connectivity index (χ3n) is 3.40. The number of anilines is 3. The molecule has 0 aliphatic rings. The summed E-state index contributed by atoms with van der Waals surface area (Å²) in [4.78, 5) is 4.35. The Morgan fingerprint density at radius 3 is 2.67 bits per heavy atom. The Kier molecular flexibility index (Phi) is 4.86. The van der Waals surface area contributed by atoms with Gasteiger partial charge < -0.3 is 10.6 Å². The van der Waals surface area contributed by atoms with Crippen LogP contribution in [0.2, 0.25) is 5.02 Å². The van der Waals surface area contributed by atoms with Gasteiger partial charge in [-0.1, -0.05) is 41.9 Å². The van der Waals surface area contributed by atoms with Gasteiger partial charge in [-0.3, -0.25) is 0 Å². The molecule has 0 radical (unpaired) electrons. The molecule has 3 rings (SSSR count). The quantitative estimate of drug-likeness (QED) is 0.710. The summed E-state index contributed by atoms with van der Waals surface area (Å²) in [6, 6.07) is 14.3. The molecular weight excluding hydrogens is 329 g/mol. The molecule has 0 bridgehead atoms. The molecule has 1 unspecified atom stereocenters. The van der Waals surface area contributed by atoms with Gasteiger partial charge in [-0.2, -0.15) is 10.1 Å². The topological polar surface area (TPSA) is 62.7 Å². The number of nitrogens with zero attached hydrogens (tertiary/aromatic N) is 3. The van der Waals surface area contributed by atoms with Gasteiger partial charge in [0, 0.05) is 5.69 Å². The van der Waals surface area contributed by atoms with Crippen LogP contribution in [0.1, 0.15) is 18.5 Å². The largest absolute Gasteiger partial charge is 0.346 e. The van der Waals surface area contributed by atoms with Crippen LogP contribution >= 0.6 is 11.6 Å². The van der Waals surface area contributed by atoms with E-state index in [-0.39, 0.29) is 11.1 Å². The lowest BCUT2D eigenvalue weighted by atomic mass is 10.1. The standard InChI is InChI=1S/C17H15ClFN5/c1-11(12-5-3-2-4-6-12)21-17-23-16(10-20-24-17)22-13-7-8-15(19)14(18)9-13/h2-11H,1H3,(H2,21,22,23,24). The molecule has 0 saturated heterocycles. The van der Waals surface area contributed by atoms with E-state index in [1.54, 1.807) is 6.07 Å². The van der Waals surface area contributed by atoms with Crippen LogP contribution < -0.4 is 10.6 Å². The molecule has 1 heterocycles. The number of benzene rings is 2. The molecule has 5 nitrogen and oxygen atoms in total. The zero-order valence-electron chi connectivity index (χ0n) is 12.9. The van der Waals surface area contributed by atoms with Crippen LogP contribution in [0.25, 0.3) is 0 Å². The van der Waals surface area contributed by atoms with Crippen LogP contribution in [-0.4, -0.2) is 15.2 Å². The second-order valence-corrected chi connectivity index (χ2v) is 5.60. The molecule has 0 aliphatic carbocycles. The Morgan fingerprint density at radius 2 is 1.92 bits per heavy atom. The lowest BCUT2D eigenvalue weighted by Crippen LogP contribution is -2.10. The predicted octanol–water partition coefficient (Wildman–Crippen LogP) is 4.58. The van der Waals surface area contributed by atoms with Crippen molar-refractivity contribution in [2.45, 2.75) is 13.0 Å². The first-order valence-electron chi connectivity index (χ1n) is 7.35. The fourth-order valence-corrected chi connectivity index (χ4v) is 2.35. The third kappa shape index (κ3) is 3.97. The van der Waals surface area contributed by atoms with Gasteiger partial charge in [0.15, 0.2) is 5.82 Å². The molecule has 0 fully saturated rings. The Balaban J connectivity index is 1.73. The summed E-state index contributed by atoms with van der Waals surface area (Å²) >= 11 is 5.77. The first kappa shape index (κ1) is 16.1. The van der Waals surface area contributed by atoms with Crippen LogP contribution in [0.15, 0.2) is 54.7 Å². The first-order valence-corrected chi connectivity index (χ1v) is 7.73. The van der Waals surface area contributed by atoms with Gasteiger partial charge in [0.25, 0.3) is 0 Å². The first-order chi connectivity index (χ1) is 11.6. The monoisotopic (exact) mass is 343 g/mol. The summed E-state index contributed by atoms with van der Waals surface area (Å²) in [6.45, 7) is 2.01. The minimum atomic E-state index is -0.470. The second-order valence-electron chi connectivity index (χ2n) is 5.20. The second kappa shape index (κ2) is 7.23. The van der Waals surface area contributed by atoms with Crippen molar-refractivity contribution in [3.63, 3.8) is 0 Å². The number of halogens is 2. The predicted molar refractivity (Wildman–Crippen MR) is 93.0 cm³/mol. The number of hydrogen-bond donors (Lipinski definition) is 2. The average molecular weight is 344 g/mol. The maximum atomic E-state index is 13.2. The number of hydrogen-bond acceptors (Lipinski definition) is 5. The Morgan fingerprint density at radius 1 is 1.12 bits per heavy atom. The van der Waals surface area contributed by atoms with Gasteiger partial charge >= 0.3 is 0 Å². The van der Waals surface area contributed by atoms with Gasteiger partial charge in [-0.15, -0.1) is 5.10 Å². The third-order valence-corrected chi connectivity index (χ3v) is 3.69. The maximum absolute atomic E-state index is 13.2. The molecule has 2 N–H and O–H groups in total. The van der Waals surface area contributed by atoms with Crippen molar-refractivity contribution >= 4 is 29.1 Å². The van der Waals surface area contributed by atoms with Crippen LogP contribution in [0.5, 0.6) is 0 Å². The van der Waals surface area contributed by atoms with Crippen LogP contribution in [0.3, 0.4) is 0 Å². The summed E-state index contributed by atoms with van der Waals surface area (Å²) in [6.07, 6.45) is 1.48. The SMILES string of the molecule is CC(Nc1nncc(Nc2ccc(F)c(Cl)c2)n1)c1ccccc1. The van der Waals surface area contributed by atoms with Gasteiger partial charge in [0.05, 0.1) is 17.3 Å². The van der Waals surface area contributed by atoms with E-state index >= 15 is 0 Å². The highest BCUT2D eigenvalue weighted by molar-refractivity contribution is 6.31. The van der Waals surface area contributed by atoms with E-state index in [4.69, 9.17) is 11.6 Å². The molecule has 24 heavy (non-hydrogen) atoms. The lowest BCUT2D eigenvalue weighted by Gasteiger charge is -2.14. The molecule has 122 valence electrons. The van der Waals surface area contributed by atoms with E-state index in [0.717, 1.165) is 5.56 Å². The van der Waals surface area contributed by atoms with Gasteiger partial charge in [-0.25, -0.2) is 4.39 Å². The van der Waals surface area contributed by atoms with Crippen molar-refractivity contribution in [2.75, 3.05) is 10.6 Å². The summed E-state index contributed by atoms with van der Waals surface area (Å²) < 4.78 is 13.2. The Bertz CT molecular complexity index is 828. The highest BCUT2D eigenvalue weighted by atomic mass is 35.5. The lowest BCUT2D eigenvalue weighted by molar-refractivity contribution is 0.628. The maximum Gasteiger partial charge on any atom is 0.245 e. The molecule has 7 heteroatoms. The van der Waals surface area contributed by atoms with E-state index in [1.165, 1.54) is 18.3 Å². The van der Waals surface area contributed by atoms with E-state index in [9.17, 15) is 4.39 Å². The molecule has 1 atom stereocenters. The van der Waals surface area contributed by atoms with Crippen molar-refractivity contribution in [3.05, 3.63) is 71.1 Å².